The van der Waals surface area contributed by atoms with Gasteiger partial charge in [0.2, 0.25) is 0 Å². The molecule has 1 aromatic carbocycles. The summed E-state index contributed by atoms with van der Waals surface area (Å²) in [6.07, 6.45) is -6.31. The molecule has 0 aliphatic carbocycles. The minimum Gasteiger partial charge on any atom is -0.508 e. The van der Waals surface area contributed by atoms with Crippen molar-refractivity contribution in [1.82, 2.24) is 0 Å². The highest BCUT2D eigenvalue weighted by Crippen LogP contribution is 2.24. The number of benzene rings is 1. The van der Waals surface area contributed by atoms with Crippen LogP contribution in [0.5, 0.6) is 11.5 Å². The van der Waals surface area contributed by atoms with Crippen LogP contribution in [0.1, 0.15) is 5.56 Å². The summed E-state index contributed by atoms with van der Waals surface area (Å²) in [5.41, 5.74) is 0.530. The van der Waals surface area contributed by atoms with Crippen molar-refractivity contribution in [3.8, 4) is 11.5 Å². The fraction of sp³-hybridized carbons (Fsp3) is 0.571. The van der Waals surface area contributed by atoms with Crippen molar-refractivity contribution in [3.63, 3.8) is 0 Å². The molecule has 0 radical (unpaired) electrons. The first-order chi connectivity index (χ1) is 10.4. The number of ether oxygens (including phenoxy) is 2. The number of hydrogen-bond donors (Lipinski definition) is 6. The lowest BCUT2D eigenvalue weighted by Crippen LogP contribution is -2.59. The second-order valence-electron chi connectivity index (χ2n) is 5.13. The highest BCUT2D eigenvalue weighted by molar-refractivity contribution is 5.38. The van der Waals surface area contributed by atoms with E-state index in [9.17, 15) is 25.5 Å². The number of phenolic OH excluding ortho intramolecular Hbond substituents is 2. The molecule has 1 aliphatic rings. The molecule has 2 rings (SSSR count). The van der Waals surface area contributed by atoms with Gasteiger partial charge in [-0.05, 0) is 18.1 Å². The van der Waals surface area contributed by atoms with Gasteiger partial charge in [0.1, 0.15) is 35.9 Å². The predicted octanol–water partition coefficient (Wildman–Crippen LogP) is -1.54. The van der Waals surface area contributed by atoms with Crippen LogP contribution < -0.4 is 0 Å². The summed E-state index contributed by atoms with van der Waals surface area (Å²) in [6, 6.07) is 4.15. The Balaban J connectivity index is 1.90. The monoisotopic (exact) mass is 316 g/mol. The summed E-state index contributed by atoms with van der Waals surface area (Å²) in [5, 5.41) is 56.9. The Kier molecular flexibility index (Phi) is 5.57. The van der Waals surface area contributed by atoms with E-state index >= 15 is 0 Å². The number of rotatable bonds is 5. The molecule has 8 nitrogen and oxygen atoms in total. The van der Waals surface area contributed by atoms with Crippen LogP contribution in [-0.2, 0) is 15.9 Å². The van der Waals surface area contributed by atoms with Gasteiger partial charge in [-0.1, -0.05) is 6.07 Å². The van der Waals surface area contributed by atoms with Gasteiger partial charge >= 0.3 is 0 Å². The van der Waals surface area contributed by atoms with Crippen LogP contribution in [0.2, 0.25) is 0 Å². The van der Waals surface area contributed by atoms with Crippen molar-refractivity contribution >= 4 is 0 Å². The predicted molar refractivity (Wildman–Crippen MR) is 73.2 cm³/mol. The Labute approximate surface area is 126 Å². The van der Waals surface area contributed by atoms with Crippen LogP contribution in [0.4, 0.5) is 0 Å². The first-order valence-electron chi connectivity index (χ1n) is 6.87. The number of hydrogen-bond acceptors (Lipinski definition) is 8. The van der Waals surface area contributed by atoms with Gasteiger partial charge in [0.05, 0.1) is 13.2 Å². The maximum absolute atomic E-state index is 9.79. The average Bonchev–Trinajstić information content (AvgIpc) is 2.49. The summed E-state index contributed by atoms with van der Waals surface area (Å²) in [6.45, 7) is -0.468. The lowest BCUT2D eigenvalue weighted by Gasteiger charge is -2.39. The van der Waals surface area contributed by atoms with Gasteiger partial charge in [0, 0.05) is 6.07 Å². The Bertz CT molecular complexity index is 492. The largest absolute Gasteiger partial charge is 0.508 e. The van der Waals surface area contributed by atoms with E-state index in [1.165, 1.54) is 18.2 Å². The van der Waals surface area contributed by atoms with Crippen LogP contribution in [0.15, 0.2) is 18.2 Å². The smallest absolute Gasteiger partial charge is 0.186 e. The van der Waals surface area contributed by atoms with Gasteiger partial charge in [-0.15, -0.1) is 0 Å². The Hall–Kier alpha value is -1.42. The van der Waals surface area contributed by atoms with E-state index in [-0.39, 0.29) is 24.5 Å². The minimum absolute atomic E-state index is 0.0566. The Morgan fingerprint density at radius 3 is 2.41 bits per heavy atom. The van der Waals surface area contributed by atoms with Crippen LogP contribution in [0.3, 0.4) is 0 Å². The quantitative estimate of drug-likeness (QED) is 0.384. The van der Waals surface area contributed by atoms with Gasteiger partial charge in [-0.2, -0.15) is 0 Å². The van der Waals surface area contributed by atoms with E-state index in [2.05, 4.69) is 0 Å². The third kappa shape index (κ3) is 3.67. The summed E-state index contributed by atoms with van der Waals surface area (Å²) in [4.78, 5) is 0. The number of phenols is 2. The molecule has 6 N–H and O–H groups in total. The molecule has 5 atom stereocenters. The summed E-state index contributed by atoms with van der Waals surface area (Å²) < 4.78 is 10.5. The van der Waals surface area contributed by atoms with E-state index in [0.717, 1.165) is 0 Å². The molecule has 0 bridgehead atoms. The topological polar surface area (TPSA) is 140 Å². The van der Waals surface area contributed by atoms with Crippen LogP contribution >= 0.6 is 0 Å². The zero-order valence-electron chi connectivity index (χ0n) is 11.7. The summed E-state index contributed by atoms with van der Waals surface area (Å²) >= 11 is 0. The fourth-order valence-electron chi connectivity index (χ4n) is 2.25. The molecule has 0 saturated carbocycles. The van der Waals surface area contributed by atoms with Gasteiger partial charge in [-0.3, -0.25) is 0 Å². The van der Waals surface area contributed by atoms with E-state index < -0.39 is 37.3 Å². The highest BCUT2D eigenvalue weighted by Gasteiger charge is 2.43. The van der Waals surface area contributed by atoms with Crippen LogP contribution in [-0.4, -0.2) is 74.6 Å². The lowest BCUT2D eigenvalue weighted by molar-refractivity contribution is -0.300. The van der Waals surface area contributed by atoms with Crippen molar-refractivity contribution in [3.05, 3.63) is 23.8 Å². The van der Waals surface area contributed by atoms with Crippen molar-refractivity contribution < 1.29 is 40.1 Å². The zero-order chi connectivity index (χ0) is 16.3. The lowest BCUT2D eigenvalue weighted by atomic mass is 9.99. The second kappa shape index (κ2) is 7.23. The number of aliphatic hydroxyl groups excluding tert-OH is 4. The average molecular weight is 316 g/mol. The van der Waals surface area contributed by atoms with Gasteiger partial charge in [0.25, 0.3) is 0 Å². The van der Waals surface area contributed by atoms with Crippen molar-refractivity contribution in [1.29, 1.82) is 0 Å². The van der Waals surface area contributed by atoms with Crippen LogP contribution in [0, 0.1) is 0 Å². The fourth-order valence-corrected chi connectivity index (χ4v) is 2.25. The van der Waals surface area contributed by atoms with Gasteiger partial charge in [0.15, 0.2) is 6.29 Å². The molecule has 0 aromatic heterocycles. The maximum Gasteiger partial charge on any atom is 0.186 e. The third-order valence-corrected chi connectivity index (χ3v) is 3.57. The standard InChI is InChI=1S/C14H20O8/c15-6-10-11(18)12(19)13(20)14(22-10)21-4-3-7-1-2-8(16)5-9(7)17/h1-2,5,10-20H,3-4,6H2. The molecule has 1 aromatic rings. The normalized spacial score (nSPS) is 32.1. The van der Waals surface area contributed by atoms with Gasteiger partial charge < -0.3 is 40.1 Å². The number of aliphatic hydroxyl groups is 4. The van der Waals surface area contributed by atoms with E-state index in [1.807, 2.05) is 0 Å². The first-order valence-corrected chi connectivity index (χ1v) is 6.87. The molecule has 0 spiro atoms. The first kappa shape index (κ1) is 16.9. The van der Waals surface area contributed by atoms with E-state index in [1.54, 1.807) is 0 Å². The molecule has 1 saturated heterocycles. The van der Waals surface area contributed by atoms with E-state index in [4.69, 9.17) is 14.6 Å². The zero-order valence-corrected chi connectivity index (χ0v) is 11.7. The molecule has 5 unspecified atom stereocenters. The maximum atomic E-state index is 9.79. The summed E-state index contributed by atoms with van der Waals surface area (Å²) in [7, 11) is 0. The summed E-state index contributed by atoms with van der Waals surface area (Å²) in [5.74, 6) is -0.145. The molecule has 0 amide bonds. The molecule has 8 heteroatoms. The Morgan fingerprint density at radius 2 is 1.77 bits per heavy atom. The molecule has 1 fully saturated rings. The van der Waals surface area contributed by atoms with Gasteiger partial charge in [-0.25, -0.2) is 0 Å². The van der Waals surface area contributed by atoms with E-state index in [0.29, 0.717) is 5.56 Å². The molecular formula is C14H20O8. The van der Waals surface area contributed by atoms with Crippen molar-refractivity contribution in [2.24, 2.45) is 0 Å². The molecular weight excluding hydrogens is 296 g/mol. The molecule has 1 heterocycles. The highest BCUT2D eigenvalue weighted by atomic mass is 16.7. The molecule has 22 heavy (non-hydrogen) atoms. The SMILES string of the molecule is OCC1OC(OCCc2ccc(O)cc2O)C(O)C(O)C1O. The second-order valence-corrected chi connectivity index (χ2v) is 5.13. The van der Waals surface area contributed by atoms with Crippen molar-refractivity contribution in [2.45, 2.75) is 37.1 Å². The third-order valence-electron chi connectivity index (χ3n) is 3.57. The van der Waals surface area contributed by atoms with Crippen LogP contribution in [0.25, 0.3) is 0 Å². The van der Waals surface area contributed by atoms with Crippen molar-refractivity contribution in [2.75, 3.05) is 13.2 Å². The minimum atomic E-state index is -1.49. The molecule has 124 valence electrons. The molecule has 1 aliphatic heterocycles. The number of aromatic hydroxyl groups is 2. The Morgan fingerprint density at radius 1 is 1.05 bits per heavy atom.